The quantitative estimate of drug-likeness (QED) is 0.938. The molecule has 0 bridgehead atoms. The van der Waals surface area contributed by atoms with Gasteiger partial charge in [0.15, 0.2) is 0 Å². The van der Waals surface area contributed by atoms with Gasteiger partial charge >= 0.3 is 0 Å². The number of aromatic nitrogens is 3. The summed E-state index contributed by atoms with van der Waals surface area (Å²) in [4.78, 5) is 20.1. The SMILES string of the molecule is Cc1nc(C)c(CC(=O)N2CCOC[C@@H]2c2[nH]ncc2C)s1. The van der Waals surface area contributed by atoms with Gasteiger partial charge < -0.3 is 9.64 Å². The molecule has 3 rings (SSSR count). The first-order chi connectivity index (χ1) is 10.6. The molecule has 7 heteroatoms. The predicted molar refractivity (Wildman–Crippen MR) is 83.9 cm³/mol. The molecular weight excluding hydrogens is 300 g/mol. The van der Waals surface area contributed by atoms with Crippen LogP contribution >= 0.6 is 11.3 Å². The van der Waals surface area contributed by atoms with Crippen LogP contribution in [-0.4, -0.2) is 45.7 Å². The van der Waals surface area contributed by atoms with Crippen molar-refractivity contribution in [3.63, 3.8) is 0 Å². The number of ether oxygens (including phenoxy) is 1. The van der Waals surface area contributed by atoms with Crippen molar-refractivity contribution in [1.82, 2.24) is 20.1 Å². The lowest BCUT2D eigenvalue weighted by Crippen LogP contribution is -2.44. The van der Waals surface area contributed by atoms with E-state index in [4.69, 9.17) is 4.74 Å². The minimum absolute atomic E-state index is 0.0851. The summed E-state index contributed by atoms with van der Waals surface area (Å²) in [6, 6.07) is -0.0851. The Labute approximate surface area is 133 Å². The van der Waals surface area contributed by atoms with Crippen LogP contribution < -0.4 is 0 Å². The Morgan fingerprint density at radius 3 is 2.95 bits per heavy atom. The summed E-state index contributed by atoms with van der Waals surface area (Å²) in [7, 11) is 0. The highest BCUT2D eigenvalue weighted by atomic mass is 32.1. The van der Waals surface area contributed by atoms with Gasteiger partial charge in [-0.05, 0) is 26.3 Å². The lowest BCUT2D eigenvalue weighted by molar-refractivity contribution is -0.139. The second-order valence-electron chi connectivity index (χ2n) is 5.56. The average Bonchev–Trinajstić information content (AvgIpc) is 3.04. The third-order valence-electron chi connectivity index (χ3n) is 3.96. The molecule has 0 radical (unpaired) electrons. The molecule has 1 aliphatic rings. The molecule has 1 saturated heterocycles. The monoisotopic (exact) mass is 320 g/mol. The first-order valence-electron chi connectivity index (χ1n) is 7.36. The predicted octanol–water partition coefficient (Wildman–Crippen LogP) is 1.93. The fraction of sp³-hybridized carbons (Fsp3) is 0.533. The van der Waals surface area contributed by atoms with E-state index in [9.17, 15) is 4.79 Å². The van der Waals surface area contributed by atoms with Crippen molar-refractivity contribution in [3.8, 4) is 0 Å². The number of nitrogens with one attached hydrogen (secondary N) is 1. The second kappa shape index (κ2) is 6.18. The molecule has 1 aliphatic heterocycles. The van der Waals surface area contributed by atoms with Gasteiger partial charge in [0.25, 0.3) is 0 Å². The molecule has 22 heavy (non-hydrogen) atoms. The zero-order valence-electron chi connectivity index (χ0n) is 13.0. The lowest BCUT2D eigenvalue weighted by atomic mass is 10.1. The summed E-state index contributed by atoms with van der Waals surface area (Å²) >= 11 is 1.60. The number of rotatable bonds is 3. The van der Waals surface area contributed by atoms with E-state index in [1.54, 1.807) is 17.5 Å². The largest absolute Gasteiger partial charge is 0.377 e. The van der Waals surface area contributed by atoms with Crippen LogP contribution in [0.15, 0.2) is 6.20 Å². The number of aromatic amines is 1. The van der Waals surface area contributed by atoms with Crippen LogP contribution in [0.2, 0.25) is 0 Å². The summed E-state index contributed by atoms with van der Waals surface area (Å²) in [5.41, 5.74) is 2.97. The Bertz CT molecular complexity index is 679. The summed E-state index contributed by atoms with van der Waals surface area (Å²) in [5, 5.41) is 8.07. The van der Waals surface area contributed by atoms with Crippen molar-refractivity contribution < 1.29 is 9.53 Å². The van der Waals surface area contributed by atoms with E-state index in [0.717, 1.165) is 26.8 Å². The van der Waals surface area contributed by atoms with Crippen LogP contribution in [0.5, 0.6) is 0 Å². The van der Waals surface area contributed by atoms with Gasteiger partial charge in [-0.3, -0.25) is 9.89 Å². The van der Waals surface area contributed by atoms with Crippen LogP contribution in [0.25, 0.3) is 0 Å². The number of morpholine rings is 1. The smallest absolute Gasteiger partial charge is 0.228 e. The molecule has 0 saturated carbocycles. The summed E-state index contributed by atoms with van der Waals surface area (Å²) in [6.45, 7) is 7.62. The van der Waals surface area contributed by atoms with E-state index < -0.39 is 0 Å². The van der Waals surface area contributed by atoms with E-state index in [0.29, 0.717) is 26.2 Å². The zero-order valence-corrected chi connectivity index (χ0v) is 13.9. The Morgan fingerprint density at radius 2 is 2.32 bits per heavy atom. The Balaban J connectivity index is 1.80. The maximum absolute atomic E-state index is 12.8. The van der Waals surface area contributed by atoms with Crippen molar-refractivity contribution in [3.05, 3.63) is 33.0 Å². The minimum atomic E-state index is -0.0851. The fourth-order valence-corrected chi connectivity index (χ4v) is 3.74. The van der Waals surface area contributed by atoms with Gasteiger partial charge in [0.2, 0.25) is 5.91 Å². The number of amides is 1. The average molecular weight is 320 g/mol. The molecule has 0 unspecified atom stereocenters. The summed E-state index contributed by atoms with van der Waals surface area (Å²) in [6.07, 6.45) is 2.18. The molecule has 0 spiro atoms. The van der Waals surface area contributed by atoms with Crippen molar-refractivity contribution in [2.24, 2.45) is 0 Å². The van der Waals surface area contributed by atoms with Crippen LogP contribution in [0.3, 0.4) is 0 Å². The van der Waals surface area contributed by atoms with E-state index in [2.05, 4.69) is 15.2 Å². The Morgan fingerprint density at radius 1 is 1.50 bits per heavy atom. The van der Waals surface area contributed by atoms with Crippen molar-refractivity contribution in [2.45, 2.75) is 33.2 Å². The van der Waals surface area contributed by atoms with Crippen LogP contribution in [0.1, 0.15) is 32.9 Å². The number of carbonyl (C=O) groups excluding carboxylic acids is 1. The molecule has 1 amide bonds. The second-order valence-corrected chi connectivity index (χ2v) is 6.85. The molecule has 1 N–H and O–H groups in total. The van der Waals surface area contributed by atoms with E-state index >= 15 is 0 Å². The third kappa shape index (κ3) is 2.91. The van der Waals surface area contributed by atoms with Gasteiger partial charge in [0, 0.05) is 11.4 Å². The maximum Gasteiger partial charge on any atom is 0.228 e. The lowest BCUT2D eigenvalue weighted by Gasteiger charge is -2.35. The van der Waals surface area contributed by atoms with E-state index in [-0.39, 0.29) is 11.9 Å². The van der Waals surface area contributed by atoms with E-state index in [1.165, 1.54) is 0 Å². The summed E-state index contributed by atoms with van der Waals surface area (Å²) in [5.74, 6) is 0.119. The minimum Gasteiger partial charge on any atom is -0.377 e. The standard InChI is InChI=1S/C15H20N4O2S/c1-9-7-16-18-15(9)12-8-21-5-4-19(12)14(20)6-13-10(2)17-11(3)22-13/h7,12H,4-6,8H2,1-3H3,(H,16,18)/t12-/m1/s1. The normalized spacial score (nSPS) is 18.7. The van der Waals surface area contributed by atoms with Crippen molar-refractivity contribution in [2.75, 3.05) is 19.8 Å². The molecule has 1 atom stereocenters. The molecule has 3 heterocycles. The number of aryl methyl sites for hydroxylation is 3. The highest BCUT2D eigenvalue weighted by Crippen LogP contribution is 2.27. The number of H-pyrrole nitrogens is 1. The van der Waals surface area contributed by atoms with Crippen LogP contribution in [0, 0.1) is 20.8 Å². The van der Waals surface area contributed by atoms with Crippen molar-refractivity contribution in [1.29, 1.82) is 0 Å². The van der Waals surface area contributed by atoms with Gasteiger partial charge in [-0.2, -0.15) is 5.10 Å². The molecule has 1 fully saturated rings. The van der Waals surface area contributed by atoms with E-state index in [1.807, 2.05) is 25.7 Å². The molecule has 6 nitrogen and oxygen atoms in total. The third-order valence-corrected chi connectivity index (χ3v) is 5.03. The molecule has 0 aliphatic carbocycles. The number of carbonyl (C=O) groups is 1. The van der Waals surface area contributed by atoms with Gasteiger partial charge in [0.05, 0.1) is 48.3 Å². The highest BCUT2D eigenvalue weighted by molar-refractivity contribution is 7.11. The van der Waals surface area contributed by atoms with Gasteiger partial charge in [-0.1, -0.05) is 0 Å². The summed E-state index contributed by atoms with van der Waals surface area (Å²) < 4.78 is 5.57. The molecule has 2 aromatic rings. The maximum atomic E-state index is 12.8. The van der Waals surface area contributed by atoms with Crippen molar-refractivity contribution >= 4 is 17.2 Å². The topological polar surface area (TPSA) is 71.1 Å². The molecule has 2 aromatic heterocycles. The number of thiazole rings is 1. The van der Waals surface area contributed by atoms with Gasteiger partial charge in [-0.15, -0.1) is 11.3 Å². The Hall–Kier alpha value is -1.73. The van der Waals surface area contributed by atoms with Crippen LogP contribution in [-0.2, 0) is 16.0 Å². The number of hydrogen-bond acceptors (Lipinski definition) is 5. The molecular formula is C15H20N4O2S. The molecule has 0 aromatic carbocycles. The Kier molecular flexibility index (Phi) is 4.26. The first-order valence-corrected chi connectivity index (χ1v) is 8.18. The number of hydrogen-bond donors (Lipinski definition) is 1. The number of nitrogens with zero attached hydrogens (tertiary/aromatic N) is 3. The van der Waals surface area contributed by atoms with Gasteiger partial charge in [0.1, 0.15) is 0 Å². The van der Waals surface area contributed by atoms with Crippen LogP contribution in [0.4, 0.5) is 0 Å². The first kappa shape index (κ1) is 15.2. The zero-order chi connectivity index (χ0) is 15.7. The van der Waals surface area contributed by atoms with Gasteiger partial charge in [-0.25, -0.2) is 4.98 Å². The fourth-order valence-electron chi connectivity index (χ4n) is 2.81. The molecule has 118 valence electrons. The highest BCUT2D eigenvalue weighted by Gasteiger charge is 2.31.